The van der Waals surface area contributed by atoms with Gasteiger partial charge in [-0.25, -0.2) is 8.42 Å². The number of ketones is 1. The second-order valence-electron chi connectivity index (χ2n) is 7.31. The molecule has 2 aromatic rings. The number of rotatable bonds is 7. The molecule has 0 aromatic heterocycles. The molecule has 1 aliphatic rings. The fraction of sp³-hybridized carbons (Fsp3) is 0.409. The minimum Gasteiger partial charge on any atom is -0.497 e. The second kappa shape index (κ2) is 8.88. The third-order valence-electron chi connectivity index (χ3n) is 5.47. The van der Waals surface area contributed by atoms with Crippen LogP contribution in [0.1, 0.15) is 42.1 Å². The highest BCUT2D eigenvalue weighted by molar-refractivity contribution is 7.89. The summed E-state index contributed by atoms with van der Waals surface area (Å²) in [6, 6.07) is 14.3. The van der Waals surface area contributed by atoms with Gasteiger partial charge < -0.3 is 4.74 Å². The van der Waals surface area contributed by atoms with Crippen molar-refractivity contribution in [3.8, 4) is 5.75 Å². The van der Waals surface area contributed by atoms with Crippen LogP contribution in [-0.2, 0) is 16.4 Å². The molecule has 0 bridgehead atoms. The van der Waals surface area contributed by atoms with Gasteiger partial charge in [-0.3, -0.25) is 4.79 Å². The number of Topliss-reactive ketones (excluding diaryl/α,β-unsaturated/α-hetero) is 1. The third-order valence-corrected chi connectivity index (χ3v) is 7.39. The minimum absolute atomic E-state index is 0.0679. The molecule has 3 rings (SSSR count). The van der Waals surface area contributed by atoms with Crippen molar-refractivity contribution < 1.29 is 17.9 Å². The van der Waals surface area contributed by atoms with Gasteiger partial charge in [-0.05, 0) is 68.4 Å². The second-order valence-corrected chi connectivity index (χ2v) is 9.25. The highest BCUT2D eigenvalue weighted by atomic mass is 32.2. The van der Waals surface area contributed by atoms with Crippen molar-refractivity contribution in [2.24, 2.45) is 5.92 Å². The van der Waals surface area contributed by atoms with Gasteiger partial charge in [0.25, 0.3) is 0 Å². The molecule has 2 aromatic carbocycles. The number of carbonyl (C=O) groups excluding carboxylic acids is 1. The largest absolute Gasteiger partial charge is 0.497 e. The predicted molar refractivity (Wildman–Crippen MR) is 109 cm³/mol. The Kier molecular flexibility index (Phi) is 6.52. The Balaban J connectivity index is 1.54. The van der Waals surface area contributed by atoms with Crippen LogP contribution in [0.4, 0.5) is 0 Å². The first-order valence-electron chi connectivity index (χ1n) is 9.64. The normalized spacial score (nSPS) is 16.1. The predicted octanol–water partition coefficient (Wildman–Crippen LogP) is 3.93. The van der Waals surface area contributed by atoms with E-state index in [4.69, 9.17) is 4.74 Å². The molecule has 5 nitrogen and oxygen atoms in total. The highest BCUT2D eigenvalue weighted by Gasteiger charge is 2.29. The maximum absolute atomic E-state index is 12.8. The van der Waals surface area contributed by atoms with Crippen LogP contribution < -0.4 is 4.74 Å². The summed E-state index contributed by atoms with van der Waals surface area (Å²) in [6.45, 7) is 2.56. The first-order valence-corrected chi connectivity index (χ1v) is 11.1. The molecule has 0 N–H and O–H groups in total. The van der Waals surface area contributed by atoms with Gasteiger partial charge in [0.2, 0.25) is 10.0 Å². The van der Waals surface area contributed by atoms with E-state index >= 15 is 0 Å². The van der Waals surface area contributed by atoms with E-state index < -0.39 is 10.0 Å². The first kappa shape index (κ1) is 20.6. The summed E-state index contributed by atoms with van der Waals surface area (Å²) in [7, 11) is -1.83. The number of hydrogen-bond donors (Lipinski definition) is 0. The van der Waals surface area contributed by atoms with Crippen LogP contribution in [-0.4, -0.2) is 38.7 Å². The van der Waals surface area contributed by atoms with Crippen LogP contribution >= 0.6 is 0 Å². The first-order chi connectivity index (χ1) is 13.4. The van der Waals surface area contributed by atoms with Crippen molar-refractivity contribution in [3.05, 3.63) is 59.7 Å². The molecule has 0 unspecified atom stereocenters. The number of methoxy groups -OCH3 is 1. The van der Waals surface area contributed by atoms with E-state index in [1.165, 1.54) is 24.6 Å². The van der Waals surface area contributed by atoms with E-state index in [2.05, 4.69) is 12.1 Å². The van der Waals surface area contributed by atoms with Crippen molar-refractivity contribution in [2.75, 3.05) is 20.2 Å². The van der Waals surface area contributed by atoms with Gasteiger partial charge >= 0.3 is 0 Å². The van der Waals surface area contributed by atoms with Gasteiger partial charge in [0.15, 0.2) is 5.78 Å². The molecule has 1 aliphatic heterocycles. The van der Waals surface area contributed by atoms with Gasteiger partial charge in [-0.15, -0.1) is 0 Å². The van der Waals surface area contributed by atoms with Crippen LogP contribution in [0.25, 0.3) is 0 Å². The third kappa shape index (κ3) is 4.80. The van der Waals surface area contributed by atoms with E-state index in [0.29, 0.717) is 24.6 Å². The Morgan fingerprint density at radius 2 is 1.64 bits per heavy atom. The van der Waals surface area contributed by atoms with Crippen LogP contribution in [0.5, 0.6) is 5.75 Å². The monoisotopic (exact) mass is 401 g/mol. The van der Waals surface area contributed by atoms with Crippen molar-refractivity contribution in [2.45, 2.75) is 37.5 Å². The maximum atomic E-state index is 12.8. The minimum atomic E-state index is -3.49. The maximum Gasteiger partial charge on any atom is 0.243 e. The smallest absolute Gasteiger partial charge is 0.243 e. The fourth-order valence-corrected chi connectivity index (χ4v) is 5.08. The van der Waals surface area contributed by atoms with E-state index in [9.17, 15) is 13.2 Å². The Morgan fingerprint density at radius 1 is 1.04 bits per heavy atom. The molecular formula is C22H27NO4S. The molecular weight excluding hydrogens is 374 g/mol. The quantitative estimate of drug-likeness (QED) is 0.660. The van der Waals surface area contributed by atoms with Crippen molar-refractivity contribution in [3.63, 3.8) is 0 Å². The van der Waals surface area contributed by atoms with E-state index in [0.717, 1.165) is 31.4 Å². The number of aryl methyl sites for hydroxylation is 1. The Hall–Kier alpha value is -2.18. The number of piperidine rings is 1. The number of benzene rings is 2. The number of hydrogen-bond acceptors (Lipinski definition) is 4. The highest BCUT2D eigenvalue weighted by Crippen LogP contribution is 2.27. The zero-order valence-electron chi connectivity index (χ0n) is 16.4. The summed E-state index contributed by atoms with van der Waals surface area (Å²) < 4.78 is 32.4. The van der Waals surface area contributed by atoms with Crippen LogP contribution in [0.15, 0.2) is 53.4 Å². The Bertz CT molecular complexity index is 897. The van der Waals surface area contributed by atoms with Crippen molar-refractivity contribution in [1.82, 2.24) is 4.31 Å². The lowest BCUT2D eigenvalue weighted by Gasteiger charge is -2.31. The molecule has 0 atom stereocenters. The van der Waals surface area contributed by atoms with E-state index in [1.807, 2.05) is 12.1 Å². The Morgan fingerprint density at radius 3 is 2.18 bits per heavy atom. The molecule has 1 fully saturated rings. The summed E-state index contributed by atoms with van der Waals surface area (Å²) in [5, 5.41) is 0. The summed E-state index contributed by atoms with van der Waals surface area (Å²) in [5.41, 5.74) is 1.80. The molecule has 1 heterocycles. The molecule has 28 heavy (non-hydrogen) atoms. The van der Waals surface area contributed by atoms with E-state index in [-0.39, 0.29) is 10.7 Å². The number of ether oxygens (including phenoxy) is 1. The zero-order valence-corrected chi connectivity index (χ0v) is 17.2. The average Bonchev–Trinajstić information content (AvgIpc) is 2.73. The van der Waals surface area contributed by atoms with Gasteiger partial charge in [0, 0.05) is 18.7 Å². The molecule has 0 radical (unpaired) electrons. The number of sulfonamides is 1. The topological polar surface area (TPSA) is 63.7 Å². The molecule has 1 saturated heterocycles. The SMILES string of the molecule is COc1ccc(CCC2CCN(S(=O)(=O)c3ccc(C(C)=O)cc3)CC2)cc1. The fourth-order valence-electron chi connectivity index (χ4n) is 3.61. The number of carbonyl (C=O) groups is 1. The Labute approximate surface area is 167 Å². The van der Waals surface area contributed by atoms with Crippen molar-refractivity contribution in [1.29, 1.82) is 0 Å². The lowest BCUT2D eigenvalue weighted by molar-refractivity contribution is 0.101. The zero-order chi connectivity index (χ0) is 20.1. The average molecular weight is 402 g/mol. The van der Waals surface area contributed by atoms with Gasteiger partial charge in [0.1, 0.15) is 5.75 Å². The van der Waals surface area contributed by atoms with Crippen LogP contribution in [0, 0.1) is 5.92 Å². The summed E-state index contributed by atoms with van der Waals surface area (Å²) >= 11 is 0. The molecule has 6 heteroatoms. The molecule has 150 valence electrons. The molecule has 0 aliphatic carbocycles. The van der Waals surface area contributed by atoms with Crippen molar-refractivity contribution >= 4 is 15.8 Å². The summed E-state index contributed by atoms with van der Waals surface area (Å²) in [6.07, 6.45) is 3.81. The molecule has 0 spiro atoms. The molecule has 0 saturated carbocycles. The summed E-state index contributed by atoms with van der Waals surface area (Å²) in [4.78, 5) is 11.6. The number of nitrogens with zero attached hydrogens (tertiary/aromatic N) is 1. The van der Waals surface area contributed by atoms with Crippen LogP contribution in [0.2, 0.25) is 0 Å². The lowest BCUT2D eigenvalue weighted by Crippen LogP contribution is -2.38. The van der Waals surface area contributed by atoms with Gasteiger partial charge in [0.05, 0.1) is 12.0 Å². The standard InChI is InChI=1S/C22H27NO4S/c1-17(24)20-7-11-22(12-8-20)28(25,26)23-15-13-19(14-16-23)4-3-18-5-9-21(27-2)10-6-18/h5-12,19H,3-4,13-16H2,1-2H3. The van der Waals surface area contributed by atoms with E-state index in [1.54, 1.807) is 23.5 Å². The lowest BCUT2D eigenvalue weighted by atomic mass is 9.91. The summed E-state index contributed by atoms with van der Waals surface area (Å²) in [5.74, 6) is 1.33. The molecule has 0 amide bonds. The van der Waals surface area contributed by atoms with Gasteiger partial charge in [-0.1, -0.05) is 24.3 Å². The van der Waals surface area contributed by atoms with Crippen LogP contribution in [0.3, 0.4) is 0 Å². The van der Waals surface area contributed by atoms with Gasteiger partial charge in [-0.2, -0.15) is 4.31 Å².